The minimum absolute atomic E-state index is 0.0721. The summed E-state index contributed by atoms with van der Waals surface area (Å²) in [5.74, 6) is -5.18. The average Bonchev–Trinajstić information content (AvgIpc) is 3.22. The SMILES string of the molecule is CCC(C)C(N)C(=O)NCC(=O)NC(Cc1cnc[nH]1)C(=O)NC(CC(=O)O)C(=O)O. The summed E-state index contributed by atoms with van der Waals surface area (Å²) in [7, 11) is 0. The lowest BCUT2D eigenvalue weighted by Gasteiger charge is -2.21. The van der Waals surface area contributed by atoms with Crippen LogP contribution in [0.3, 0.4) is 0 Å². The molecular weight excluding hydrogens is 412 g/mol. The van der Waals surface area contributed by atoms with E-state index < -0.39 is 60.8 Å². The first-order valence-electron chi connectivity index (χ1n) is 9.60. The number of carboxylic acid groups (broad SMARTS) is 2. The van der Waals surface area contributed by atoms with E-state index in [4.69, 9.17) is 15.9 Å². The largest absolute Gasteiger partial charge is 0.481 e. The maximum absolute atomic E-state index is 12.6. The predicted molar refractivity (Wildman–Crippen MR) is 106 cm³/mol. The topological polar surface area (TPSA) is 217 Å². The van der Waals surface area contributed by atoms with Gasteiger partial charge in [-0.3, -0.25) is 19.2 Å². The highest BCUT2D eigenvalue weighted by Gasteiger charge is 2.29. The molecule has 8 N–H and O–H groups in total. The number of rotatable bonds is 13. The van der Waals surface area contributed by atoms with E-state index in [9.17, 15) is 24.0 Å². The number of nitrogens with two attached hydrogens (primary N) is 1. The van der Waals surface area contributed by atoms with Crippen molar-refractivity contribution >= 4 is 29.7 Å². The number of aromatic nitrogens is 2. The predicted octanol–water partition coefficient (Wildman–Crippen LogP) is -2.03. The van der Waals surface area contributed by atoms with Gasteiger partial charge in [-0.25, -0.2) is 9.78 Å². The summed E-state index contributed by atoms with van der Waals surface area (Å²) in [5, 5.41) is 24.8. The van der Waals surface area contributed by atoms with Gasteiger partial charge in [-0.2, -0.15) is 0 Å². The summed E-state index contributed by atoms with van der Waals surface area (Å²) in [6, 6.07) is -3.72. The van der Waals surface area contributed by atoms with Gasteiger partial charge in [0.1, 0.15) is 12.1 Å². The van der Waals surface area contributed by atoms with E-state index in [2.05, 4.69) is 25.9 Å². The number of carboxylic acids is 2. The summed E-state index contributed by atoms with van der Waals surface area (Å²) in [6.45, 7) is 3.22. The Kier molecular flexibility index (Phi) is 10.1. The average molecular weight is 440 g/mol. The van der Waals surface area contributed by atoms with Crippen molar-refractivity contribution in [3.63, 3.8) is 0 Å². The molecule has 0 aromatic carbocycles. The molecule has 0 radical (unpaired) electrons. The van der Waals surface area contributed by atoms with Gasteiger partial charge in [0.05, 0.1) is 25.3 Å². The highest BCUT2D eigenvalue weighted by molar-refractivity contribution is 5.93. The van der Waals surface area contributed by atoms with Gasteiger partial charge in [0.25, 0.3) is 0 Å². The Balaban J connectivity index is 2.80. The van der Waals surface area contributed by atoms with Crippen molar-refractivity contribution in [3.8, 4) is 0 Å². The number of nitrogens with zero attached hydrogens (tertiary/aromatic N) is 1. The van der Waals surface area contributed by atoms with Crippen LogP contribution in [0.4, 0.5) is 0 Å². The number of aliphatic carboxylic acids is 2. The van der Waals surface area contributed by atoms with Gasteiger partial charge in [0, 0.05) is 18.3 Å². The standard InChI is InChI=1S/C18H28N6O7/c1-3-9(2)15(19)17(29)21-7-13(25)23-11(4-10-6-20-8-22-10)16(28)24-12(18(30)31)5-14(26)27/h6,8-9,11-12,15H,3-5,7,19H2,1-2H3,(H,20,22)(H,21,29)(H,23,25)(H,24,28)(H,26,27)(H,30,31). The summed E-state index contributed by atoms with van der Waals surface area (Å²) in [4.78, 5) is 65.4. The zero-order chi connectivity index (χ0) is 23.6. The number of amides is 3. The molecule has 3 amide bonds. The monoisotopic (exact) mass is 440 g/mol. The molecule has 13 heteroatoms. The van der Waals surface area contributed by atoms with Crippen LogP contribution in [-0.4, -0.2) is 74.5 Å². The molecule has 172 valence electrons. The second-order valence-corrected chi connectivity index (χ2v) is 7.03. The molecule has 0 bridgehead atoms. The van der Waals surface area contributed by atoms with Crippen LogP contribution in [0.5, 0.6) is 0 Å². The highest BCUT2D eigenvalue weighted by atomic mass is 16.4. The molecule has 0 saturated heterocycles. The Morgan fingerprint density at radius 2 is 1.81 bits per heavy atom. The third kappa shape index (κ3) is 8.82. The van der Waals surface area contributed by atoms with Crippen molar-refractivity contribution in [2.75, 3.05) is 6.54 Å². The van der Waals surface area contributed by atoms with E-state index >= 15 is 0 Å². The van der Waals surface area contributed by atoms with Crippen molar-refractivity contribution in [1.82, 2.24) is 25.9 Å². The Morgan fingerprint density at radius 3 is 2.32 bits per heavy atom. The number of nitrogens with one attached hydrogen (secondary N) is 4. The molecule has 0 aliphatic rings. The van der Waals surface area contributed by atoms with Crippen molar-refractivity contribution in [3.05, 3.63) is 18.2 Å². The lowest BCUT2D eigenvalue weighted by molar-refractivity contribution is -0.147. The second-order valence-electron chi connectivity index (χ2n) is 7.03. The summed E-state index contributed by atoms with van der Waals surface area (Å²) in [5.41, 5.74) is 6.26. The first-order valence-corrected chi connectivity index (χ1v) is 9.60. The van der Waals surface area contributed by atoms with Crippen LogP contribution in [0.25, 0.3) is 0 Å². The fraction of sp³-hybridized carbons (Fsp3) is 0.556. The molecule has 31 heavy (non-hydrogen) atoms. The third-order valence-corrected chi connectivity index (χ3v) is 4.61. The van der Waals surface area contributed by atoms with Gasteiger partial charge in [-0.05, 0) is 5.92 Å². The van der Waals surface area contributed by atoms with Crippen LogP contribution >= 0.6 is 0 Å². The lowest BCUT2D eigenvalue weighted by atomic mass is 9.99. The lowest BCUT2D eigenvalue weighted by Crippen LogP contribution is -2.55. The molecule has 0 fully saturated rings. The Hall–Kier alpha value is -3.48. The van der Waals surface area contributed by atoms with Gasteiger partial charge in [-0.1, -0.05) is 20.3 Å². The fourth-order valence-electron chi connectivity index (χ4n) is 2.52. The summed E-state index contributed by atoms with van der Waals surface area (Å²) < 4.78 is 0. The smallest absolute Gasteiger partial charge is 0.326 e. The van der Waals surface area contributed by atoms with Crippen molar-refractivity contribution in [2.24, 2.45) is 11.7 Å². The van der Waals surface area contributed by atoms with Crippen LogP contribution in [0.15, 0.2) is 12.5 Å². The zero-order valence-corrected chi connectivity index (χ0v) is 17.3. The Labute approximate surface area is 178 Å². The van der Waals surface area contributed by atoms with E-state index in [0.717, 1.165) is 0 Å². The molecule has 1 aromatic heterocycles. The van der Waals surface area contributed by atoms with Gasteiger partial charge < -0.3 is 36.9 Å². The van der Waals surface area contributed by atoms with Crippen molar-refractivity contribution < 1.29 is 34.2 Å². The molecule has 0 spiro atoms. The number of hydrogen-bond donors (Lipinski definition) is 7. The van der Waals surface area contributed by atoms with E-state index in [1.165, 1.54) is 12.5 Å². The quantitative estimate of drug-likeness (QED) is 0.180. The Bertz CT molecular complexity index is 782. The van der Waals surface area contributed by atoms with Crippen molar-refractivity contribution in [1.29, 1.82) is 0 Å². The molecule has 1 heterocycles. The molecule has 0 aliphatic carbocycles. The van der Waals surface area contributed by atoms with Crippen LogP contribution in [-0.2, 0) is 30.4 Å². The normalized spacial score (nSPS) is 14.5. The summed E-state index contributed by atoms with van der Waals surface area (Å²) >= 11 is 0. The van der Waals surface area contributed by atoms with E-state index in [0.29, 0.717) is 12.1 Å². The van der Waals surface area contributed by atoms with Gasteiger partial charge in [0.15, 0.2) is 0 Å². The maximum Gasteiger partial charge on any atom is 0.326 e. The number of carbonyl (C=O) groups is 5. The molecule has 4 atom stereocenters. The van der Waals surface area contributed by atoms with Crippen LogP contribution in [0.2, 0.25) is 0 Å². The Morgan fingerprint density at radius 1 is 1.13 bits per heavy atom. The minimum atomic E-state index is -1.68. The molecule has 0 saturated carbocycles. The molecular formula is C18H28N6O7. The second kappa shape index (κ2) is 12.3. The number of aromatic amines is 1. The molecule has 13 nitrogen and oxygen atoms in total. The molecule has 1 rings (SSSR count). The van der Waals surface area contributed by atoms with Crippen LogP contribution in [0.1, 0.15) is 32.4 Å². The van der Waals surface area contributed by atoms with E-state index in [-0.39, 0.29) is 12.3 Å². The summed E-state index contributed by atoms with van der Waals surface area (Å²) in [6.07, 6.45) is 2.53. The zero-order valence-electron chi connectivity index (χ0n) is 17.3. The third-order valence-electron chi connectivity index (χ3n) is 4.61. The maximum atomic E-state index is 12.6. The first-order chi connectivity index (χ1) is 14.5. The van der Waals surface area contributed by atoms with Crippen molar-refractivity contribution in [2.45, 2.75) is 51.2 Å². The number of H-pyrrole nitrogens is 1. The first kappa shape index (κ1) is 25.6. The fourth-order valence-corrected chi connectivity index (χ4v) is 2.52. The minimum Gasteiger partial charge on any atom is -0.481 e. The van der Waals surface area contributed by atoms with Crippen LogP contribution in [0, 0.1) is 5.92 Å². The molecule has 1 aromatic rings. The van der Waals surface area contributed by atoms with Gasteiger partial charge in [0.2, 0.25) is 17.7 Å². The number of hydrogen-bond acceptors (Lipinski definition) is 7. The van der Waals surface area contributed by atoms with Crippen LogP contribution < -0.4 is 21.7 Å². The molecule has 0 aliphatic heterocycles. The van der Waals surface area contributed by atoms with E-state index in [1.54, 1.807) is 6.92 Å². The van der Waals surface area contributed by atoms with E-state index in [1.807, 2.05) is 6.92 Å². The number of imidazole rings is 1. The van der Waals surface area contributed by atoms with Gasteiger partial charge >= 0.3 is 11.9 Å². The number of carbonyl (C=O) groups excluding carboxylic acids is 3. The molecule has 4 unspecified atom stereocenters. The highest BCUT2D eigenvalue weighted by Crippen LogP contribution is 2.05. The van der Waals surface area contributed by atoms with Gasteiger partial charge in [-0.15, -0.1) is 0 Å².